The van der Waals surface area contributed by atoms with Crippen LogP contribution in [0.1, 0.15) is 17.4 Å². The van der Waals surface area contributed by atoms with Crippen LogP contribution in [0, 0.1) is 0 Å². The average Bonchev–Trinajstić information content (AvgIpc) is 2.55. The zero-order chi connectivity index (χ0) is 15.1. The Morgan fingerprint density at radius 2 is 1.67 bits per heavy atom. The van der Waals surface area contributed by atoms with Crippen LogP contribution in [0.3, 0.4) is 0 Å². The minimum atomic E-state index is -0.303. The van der Waals surface area contributed by atoms with Gasteiger partial charge in [-0.25, -0.2) is 0 Å². The third-order valence-electron chi connectivity index (χ3n) is 3.12. The van der Waals surface area contributed by atoms with Crippen LogP contribution >= 0.6 is 11.8 Å². The minimum absolute atomic E-state index is 0.303. The van der Waals surface area contributed by atoms with E-state index in [4.69, 9.17) is 14.2 Å². The maximum Gasteiger partial charge on any atom is 0.183 e. The van der Waals surface area contributed by atoms with Crippen LogP contribution < -0.4 is 4.74 Å². The number of rotatable bonds is 7. The molecule has 2 aromatic rings. The van der Waals surface area contributed by atoms with Gasteiger partial charge in [0.2, 0.25) is 0 Å². The topological polar surface area (TPSA) is 27.7 Å². The molecule has 0 saturated carbocycles. The Balaban J connectivity index is 1.97. The third-order valence-corrected chi connectivity index (χ3v) is 4.20. The summed E-state index contributed by atoms with van der Waals surface area (Å²) in [5.74, 6) is 1.81. The molecule has 0 aliphatic rings. The predicted octanol–water partition coefficient (Wildman–Crippen LogP) is 4.28. The zero-order valence-electron chi connectivity index (χ0n) is 12.5. The fourth-order valence-electron chi connectivity index (χ4n) is 2.02. The highest BCUT2D eigenvalue weighted by Crippen LogP contribution is 2.26. The van der Waals surface area contributed by atoms with Crippen molar-refractivity contribution in [2.24, 2.45) is 0 Å². The van der Waals surface area contributed by atoms with E-state index in [1.807, 2.05) is 24.3 Å². The van der Waals surface area contributed by atoms with E-state index in [1.54, 1.807) is 33.1 Å². The molecule has 0 atom stereocenters. The molecule has 21 heavy (non-hydrogen) atoms. The molecule has 2 rings (SSSR count). The molecule has 3 nitrogen and oxygen atoms in total. The second kappa shape index (κ2) is 8.08. The molecular formula is C17H20O3S. The number of ether oxygens (including phenoxy) is 3. The number of thioether (sulfide) groups is 1. The molecule has 0 heterocycles. The summed E-state index contributed by atoms with van der Waals surface area (Å²) in [4.78, 5) is 1.22. The van der Waals surface area contributed by atoms with E-state index in [-0.39, 0.29) is 6.29 Å². The molecule has 0 N–H and O–H groups in total. The maximum atomic E-state index is 5.24. The maximum absolute atomic E-state index is 5.24. The lowest BCUT2D eigenvalue weighted by molar-refractivity contribution is -0.106. The van der Waals surface area contributed by atoms with Crippen molar-refractivity contribution in [3.8, 4) is 5.75 Å². The Morgan fingerprint density at radius 1 is 0.952 bits per heavy atom. The van der Waals surface area contributed by atoms with Gasteiger partial charge in [0.05, 0.1) is 7.11 Å². The van der Waals surface area contributed by atoms with Gasteiger partial charge in [-0.2, -0.15) is 0 Å². The second-order valence-electron chi connectivity index (χ2n) is 4.51. The van der Waals surface area contributed by atoms with Crippen molar-refractivity contribution in [3.63, 3.8) is 0 Å². The number of hydrogen-bond donors (Lipinski definition) is 0. The van der Waals surface area contributed by atoms with Crippen molar-refractivity contribution in [1.82, 2.24) is 0 Å². The number of hydrogen-bond acceptors (Lipinski definition) is 4. The van der Waals surface area contributed by atoms with Crippen molar-refractivity contribution in [3.05, 3.63) is 59.7 Å². The first-order valence-electron chi connectivity index (χ1n) is 6.68. The van der Waals surface area contributed by atoms with Gasteiger partial charge in [-0.15, -0.1) is 11.8 Å². The molecule has 0 radical (unpaired) electrons. The number of methoxy groups -OCH3 is 3. The zero-order valence-corrected chi connectivity index (χ0v) is 13.4. The van der Waals surface area contributed by atoms with Crippen LogP contribution in [0.5, 0.6) is 5.75 Å². The fourth-order valence-corrected chi connectivity index (χ4v) is 2.86. The molecular weight excluding hydrogens is 284 g/mol. The van der Waals surface area contributed by atoms with Crippen LogP contribution in [0.4, 0.5) is 0 Å². The molecule has 0 unspecified atom stereocenters. The minimum Gasteiger partial charge on any atom is -0.497 e. The van der Waals surface area contributed by atoms with Crippen LogP contribution in [0.15, 0.2) is 53.4 Å². The van der Waals surface area contributed by atoms with Crippen LogP contribution in [0.25, 0.3) is 0 Å². The van der Waals surface area contributed by atoms with Crippen molar-refractivity contribution in [1.29, 1.82) is 0 Å². The van der Waals surface area contributed by atoms with Crippen molar-refractivity contribution >= 4 is 11.8 Å². The van der Waals surface area contributed by atoms with Gasteiger partial charge in [0.1, 0.15) is 5.75 Å². The second-order valence-corrected chi connectivity index (χ2v) is 5.56. The van der Waals surface area contributed by atoms with Gasteiger partial charge in [0.15, 0.2) is 6.29 Å². The third kappa shape index (κ3) is 4.49. The van der Waals surface area contributed by atoms with E-state index < -0.39 is 0 Å². The molecule has 112 valence electrons. The summed E-state index contributed by atoms with van der Waals surface area (Å²) in [7, 11) is 4.96. The SMILES string of the molecule is COc1cccc(CSc2ccc(C(OC)OC)cc2)c1. The lowest BCUT2D eigenvalue weighted by atomic mass is 10.2. The van der Waals surface area contributed by atoms with Gasteiger partial charge in [-0.3, -0.25) is 0 Å². The lowest BCUT2D eigenvalue weighted by Gasteiger charge is -2.13. The van der Waals surface area contributed by atoms with E-state index >= 15 is 0 Å². The molecule has 0 amide bonds. The van der Waals surface area contributed by atoms with Crippen molar-refractivity contribution in [2.45, 2.75) is 16.9 Å². The van der Waals surface area contributed by atoms with Gasteiger partial charge >= 0.3 is 0 Å². The first-order valence-corrected chi connectivity index (χ1v) is 7.66. The molecule has 4 heteroatoms. The van der Waals surface area contributed by atoms with Gasteiger partial charge in [-0.1, -0.05) is 24.3 Å². The standard InChI is InChI=1S/C17H20O3S/c1-18-15-6-4-5-13(11-15)12-21-16-9-7-14(8-10-16)17(19-2)20-3/h4-11,17H,12H2,1-3H3. The first-order chi connectivity index (χ1) is 10.3. The molecule has 0 aromatic heterocycles. The van der Waals surface area contributed by atoms with Crippen molar-refractivity contribution < 1.29 is 14.2 Å². The molecule has 0 bridgehead atoms. The van der Waals surface area contributed by atoms with Crippen LogP contribution in [-0.2, 0) is 15.2 Å². The first kappa shape index (κ1) is 15.9. The average molecular weight is 304 g/mol. The monoisotopic (exact) mass is 304 g/mol. The van der Waals surface area contributed by atoms with E-state index in [9.17, 15) is 0 Å². The Labute approximate surface area is 130 Å². The lowest BCUT2D eigenvalue weighted by Crippen LogP contribution is -2.02. The smallest absolute Gasteiger partial charge is 0.183 e. The summed E-state index contributed by atoms with van der Waals surface area (Å²) in [6, 6.07) is 16.4. The molecule has 0 spiro atoms. The summed E-state index contributed by atoms with van der Waals surface area (Å²) >= 11 is 1.79. The van der Waals surface area contributed by atoms with E-state index in [2.05, 4.69) is 24.3 Å². The highest BCUT2D eigenvalue weighted by molar-refractivity contribution is 7.98. The Hall–Kier alpha value is -1.49. The summed E-state index contributed by atoms with van der Waals surface area (Å²) in [6.45, 7) is 0. The summed E-state index contributed by atoms with van der Waals surface area (Å²) in [5.41, 5.74) is 2.26. The highest BCUT2D eigenvalue weighted by atomic mass is 32.2. The van der Waals surface area contributed by atoms with Gasteiger partial charge < -0.3 is 14.2 Å². The van der Waals surface area contributed by atoms with Gasteiger partial charge in [-0.05, 0) is 29.8 Å². The Morgan fingerprint density at radius 3 is 2.29 bits per heavy atom. The highest BCUT2D eigenvalue weighted by Gasteiger charge is 2.08. The van der Waals surface area contributed by atoms with Crippen molar-refractivity contribution in [2.75, 3.05) is 21.3 Å². The largest absolute Gasteiger partial charge is 0.497 e. The normalized spacial score (nSPS) is 10.9. The molecule has 0 aliphatic heterocycles. The van der Waals surface area contributed by atoms with E-state index in [0.29, 0.717) is 0 Å². The fraction of sp³-hybridized carbons (Fsp3) is 0.294. The Kier molecular flexibility index (Phi) is 6.11. The molecule has 0 fully saturated rings. The summed E-state index contributed by atoms with van der Waals surface area (Å²) in [6.07, 6.45) is -0.303. The van der Waals surface area contributed by atoms with Gasteiger partial charge in [0.25, 0.3) is 0 Å². The van der Waals surface area contributed by atoms with Crippen LogP contribution in [0.2, 0.25) is 0 Å². The molecule has 0 saturated heterocycles. The number of benzene rings is 2. The van der Waals surface area contributed by atoms with Gasteiger partial charge in [0, 0.05) is 30.4 Å². The van der Waals surface area contributed by atoms with Crippen LogP contribution in [-0.4, -0.2) is 21.3 Å². The molecule has 0 aliphatic carbocycles. The predicted molar refractivity (Wildman–Crippen MR) is 85.8 cm³/mol. The Bertz CT molecular complexity index is 550. The summed E-state index contributed by atoms with van der Waals surface area (Å²) < 4.78 is 15.7. The molecule has 2 aromatic carbocycles. The summed E-state index contributed by atoms with van der Waals surface area (Å²) in [5, 5.41) is 0. The van der Waals surface area contributed by atoms with E-state index in [1.165, 1.54) is 10.5 Å². The van der Waals surface area contributed by atoms with E-state index in [0.717, 1.165) is 17.1 Å². The quantitative estimate of drug-likeness (QED) is 0.564.